The van der Waals surface area contributed by atoms with E-state index in [2.05, 4.69) is 29.2 Å². The van der Waals surface area contributed by atoms with Crippen LogP contribution in [0.2, 0.25) is 0 Å². The number of piperidine rings is 1. The van der Waals surface area contributed by atoms with Gasteiger partial charge in [0.1, 0.15) is 0 Å². The van der Waals surface area contributed by atoms with Crippen molar-refractivity contribution < 1.29 is 4.79 Å². The van der Waals surface area contributed by atoms with Gasteiger partial charge in [-0.15, -0.1) is 11.8 Å². The number of hydrogen-bond donors (Lipinski definition) is 1. The first-order valence-corrected chi connectivity index (χ1v) is 11.9. The number of nitrogens with one attached hydrogen (secondary N) is 1. The third-order valence-electron chi connectivity index (χ3n) is 6.09. The normalized spacial score (nSPS) is 14.7. The molecule has 6 heteroatoms. The van der Waals surface area contributed by atoms with Crippen molar-refractivity contribution in [1.82, 2.24) is 14.5 Å². The van der Waals surface area contributed by atoms with Gasteiger partial charge in [-0.05, 0) is 54.8 Å². The summed E-state index contributed by atoms with van der Waals surface area (Å²) < 4.78 is 1.86. The molecule has 2 heterocycles. The van der Waals surface area contributed by atoms with Gasteiger partial charge in [-0.1, -0.05) is 42.5 Å². The molecular formula is C26H25N3O2S. The lowest BCUT2D eigenvalue weighted by atomic mass is 10.0. The minimum absolute atomic E-state index is 0.0642. The zero-order valence-corrected chi connectivity index (χ0v) is 18.6. The molecule has 0 spiro atoms. The standard InChI is InChI=1S/C26H25N3O2S/c30-25(20-10-12-22(13-11-20)32-18-19-6-2-1-3-7-19)28-16-14-21(15-17-28)29-24-9-5-4-8-23(24)27-26(29)31/h1-13,21H,14-18H2,(H,27,31). The molecule has 1 saturated heterocycles. The molecule has 5 rings (SSSR count). The van der Waals surface area contributed by atoms with E-state index in [-0.39, 0.29) is 17.6 Å². The van der Waals surface area contributed by atoms with Crippen LogP contribution in [0.25, 0.3) is 11.0 Å². The molecule has 1 fully saturated rings. The summed E-state index contributed by atoms with van der Waals surface area (Å²) in [7, 11) is 0. The summed E-state index contributed by atoms with van der Waals surface area (Å²) in [4.78, 5) is 31.5. The predicted molar refractivity (Wildman–Crippen MR) is 129 cm³/mol. The SMILES string of the molecule is O=C(c1ccc(SCc2ccccc2)cc1)N1CCC(n2c(=O)[nH]c3ccccc32)CC1. The van der Waals surface area contributed by atoms with Gasteiger partial charge in [0.25, 0.3) is 5.91 Å². The highest BCUT2D eigenvalue weighted by atomic mass is 32.2. The van der Waals surface area contributed by atoms with E-state index in [9.17, 15) is 9.59 Å². The van der Waals surface area contributed by atoms with Crippen LogP contribution in [-0.2, 0) is 5.75 Å². The Morgan fingerprint density at radius 2 is 1.59 bits per heavy atom. The van der Waals surface area contributed by atoms with Crippen LogP contribution in [0.3, 0.4) is 0 Å². The Morgan fingerprint density at radius 1 is 0.906 bits per heavy atom. The summed E-state index contributed by atoms with van der Waals surface area (Å²) in [5.74, 6) is 0.976. The molecule has 0 aliphatic carbocycles. The first kappa shape index (κ1) is 20.6. The van der Waals surface area contributed by atoms with Gasteiger partial charge in [-0.25, -0.2) is 4.79 Å². The summed E-state index contributed by atoms with van der Waals surface area (Å²) in [5.41, 5.74) is 3.73. The number of nitrogens with zero attached hydrogens (tertiary/aromatic N) is 2. The Kier molecular flexibility index (Phi) is 5.86. The fraction of sp³-hybridized carbons (Fsp3) is 0.231. The van der Waals surface area contributed by atoms with E-state index in [0.29, 0.717) is 13.1 Å². The average molecular weight is 444 g/mol. The van der Waals surface area contributed by atoms with Crippen LogP contribution in [0.5, 0.6) is 0 Å². The Morgan fingerprint density at radius 3 is 2.34 bits per heavy atom. The van der Waals surface area contributed by atoms with Crippen molar-refractivity contribution in [2.24, 2.45) is 0 Å². The topological polar surface area (TPSA) is 58.1 Å². The van der Waals surface area contributed by atoms with Gasteiger partial charge < -0.3 is 9.88 Å². The van der Waals surface area contributed by atoms with E-state index in [4.69, 9.17) is 0 Å². The van der Waals surface area contributed by atoms with Crippen LogP contribution in [0, 0.1) is 0 Å². The van der Waals surface area contributed by atoms with Crippen molar-refractivity contribution in [3.05, 3.63) is 100 Å². The van der Waals surface area contributed by atoms with Gasteiger partial charge in [-0.3, -0.25) is 9.36 Å². The number of hydrogen-bond acceptors (Lipinski definition) is 3. The first-order chi connectivity index (χ1) is 15.7. The number of carbonyl (C=O) groups excluding carboxylic acids is 1. The van der Waals surface area contributed by atoms with Crippen LogP contribution < -0.4 is 5.69 Å². The zero-order valence-electron chi connectivity index (χ0n) is 17.7. The Balaban J connectivity index is 1.21. The van der Waals surface area contributed by atoms with Crippen molar-refractivity contribution in [2.45, 2.75) is 29.5 Å². The van der Waals surface area contributed by atoms with Crippen molar-refractivity contribution in [3.63, 3.8) is 0 Å². The molecular weight excluding hydrogens is 418 g/mol. The third-order valence-corrected chi connectivity index (χ3v) is 7.17. The smallest absolute Gasteiger partial charge is 0.326 e. The van der Waals surface area contributed by atoms with Gasteiger partial charge in [-0.2, -0.15) is 0 Å². The van der Waals surface area contributed by atoms with Gasteiger partial charge in [0.2, 0.25) is 0 Å². The molecule has 1 N–H and O–H groups in total. The van der Waals surface area contributed by atoms with Crippen LogP contribution in [0.15, 0.2) is 88.6 Å². The lowest BCUT2D eigenvalue weighted by Crippen LogP contribution is -2.40. The zero-order chi connectivity index (χ0) is 21.9. The number of para-hydroxylation sites is 2. The second kappa shape index (κ2) is 9.09. The number of benzene rings is 3. The summed E-state index contributed by atoms with van der Waals surface area (Å²) in [6.45, 7) is 1.31. The second-order valence-electron chi connectivity index (χ2n) is 8.14. The van der Waals surface area contributed by atoms with Crippen molar-refractivity contribution in [3.8, 4) is 0 Å². The summed E-state index contributed by atoms with van der Waals surface area (Å²) in [6, 6.07) is 26.2. The Labute approximate surface area is 191 Å². The van der Waals surface area contributed by atoms with E-state index >= 15 is 0 Å². The fourth-order valence-electron chi connectivity index (χ4n) is 4.38. The third kappa shape index (κ3) is 4.23. The fourth-order valence-corrected chi connectivity index (χ4v) is 5.24. The number of likely N-dealkylation sites (tertiary alicyclic amines) is 1. The molecule has 1 amide bonds. The lowest BCUT2D eigenvalue weighted by Gasteiger charge is -2.32. The molecule has 1 aromatic heterocycles. The first-order valence-electron chi connectivity index (χ1n) is 10.9. The molecule has 1 aliphatic rings. The monoisotopic (exact) mass is 443 g/mol. The molecule has 0 bridgehead atoms. The number of rotatable bonds is 5. The number of carbonyl (C=O) groups is 1. The van der Waals surface area contributed by atoms with E-state index in [0.717, 1.165) is 40.1 Å². The highest BCUT2D eigenvalue weighted by Crippen LogP contribution is 2.27. The minimum atomic E-state index is -0.0698. The largest absolute Gasteiger partial charge is 0.338 e. The lowest BCUT2D eigenvalue weighted by molar-refractivity contribution is 0.0695. The Hall–Kier alpha value is -3.25. The highest BCUT2D eigenvalue weighted by molar-refractivity contribution is 7.98. The van der Waals surface area contributed by atoms with Crippen LogP contribution in [0.1, 0.15) is 34.8 Å². The summed E-state index contributed by atoms with van der Waals surface area (Å²) >= 11 is 1.77. The average Bonchev–Trinajstić information content (AvgIpc) is 3.19. The van der Waals surface area contributed by atoms with E-state index in [1.807, 2.05) is 64.1 Å². The van der Waals surface area contributed by atoms with E-state index in [1.54, 1.807) is 11.8 Å². The molecule has 4 aromatic rings. The number of amides is 1. The molecule has 0 atom stereocenters. The number of imidazole rings is 1. The minimum Gasteiger partial charge on any atom is -0.338 e. The Bertz CT molecular complexity index is 1270. The van der Waals surface area contributed by atoms with E-state index < -0.39 is 0 Å². The van der Waals surface area contributed by atoms with Crippen LogP contribution in [-0.4, -0.2) is 33.4 Å². The predicted octanol–water partition coefficient (Wildman–Crippen LogP) is 5.10. The van der Waals surface area contributed by atoms with Crippen molar-refractivity contribution in [2.75, 3.05) is 13.1 Å². The summed E-state index contributed by atoms with van der Waals surface area (Å²) in [5, 5.41) is 0. The molecule has 5 nitrogen and oxygen atoms in total. The molecule has 1 aliphatic heterocycles. The second-order valence-corrected chi connectivity index (χ2v) is 9.19. The number of H-pyrrole nitrogens is 1. The molecule has 162 valence electrons. The van der Waals surface area contributed by atoms with Crippen LogP contribution >= 0.6 is 11.8 Å². The van der Waals surface area contributed by atoms with Crippen LogP contribution in [0.4, 0.5) is 0 Å². The number of aromatic amines is 1. The molecule has 0 radical (unpaired) electrons. The molecule has 0 saturated carbocycles. The number of fused-ring (bicyclic) bond motifs is 1. The molecule has 32 heavy (non-hydrogen) atoms. The number of aromatic nitrogens is 2. The van der Waals surface area contributed by atoms with E-state index in [1.165, 1.54) is 5.56 Å². The molecule has 0 unspecified atom stereocenters. The van der Waals surface area contributed by atoms with Gasteiger partial charge in [0, 0.05) is 35.3 Å². The maximum absolute atomic E-state index is 13.0. The van der Waals surface area contributed by atoms with Crippen molar-refractivity contribution >= 4 is 28.7 Å². The maximum Gasteiger partial charge on any atom is 0.326 e. The summed E-state index contributed by atoms with van der Waals surface area (Å²) in [6.07, 6.45) is 1.55. The number of thioether (sulfide) groups is 1. The van der Waals surface area contributed by atoms with Gasteiger partial charge in [0.15, 0.2) is 0 Å². The van der Waals surface area contributed by atoms with Gasteiger partial charge >= 0.3 is 5.69 Å². The van der Waals surface area contributed by atoms with Gasteiger partial charge in [0.05, 0.1) is 11.0 Å². The highest BCUT2D eigenvalue weighted by Gasteiger charge is 2.26. The maximum atomic E-state index is 13.0. The molecule has 3 aromatic carbocycles. The van der Waals surface area contributed by atoms with Crippen molar-refractivity contribution in [1.29, 1.82) is 0 Å². The quantitative estimate of drug-likeness (QED) is 0.437.